The van der Waals surface area contributed by atoms with Gasteiger partial charge >= 0.3 is 0 Å². The lowest BCUT2D eigenvalue weighted by Crippen LogP contribution is -1.96. The highest BCUT2D eigenvalue weighted by Crippen LogP contribution is 2.29. The molecule has 42 heavy (non-hydrogen) atoms. The number of methoxy groups -OCH3 is 3. The molecule has 0 bridgehead atoms. The van der Waals surface area contributed by atoms with Crippen molar-refractivity contribution in [2.45, 2.75) is 19.3 Å². The lowest BCUT2D eigenvalue weighted by Gasteiger charge is -2.10. The van der Waals surface area contributed by atoms with Gasteiger partial charge < -0.3 is 28.8 Å². The standard InChI is InChI=1S/2C13H16O2.C10H12O2/c2*1-4-6-11-7-8-12(15-9-5-2)13(10-11)14-3;1-3-4-8-5-6-9(11)10(7-8)12-2/h2*4-5,7-8,10H,1-2,6,9H2,3H3;3,5-7,11H,1,4H2,2H3. The zero-order valence-electron chi connectivity index (χ0n) is 25.1. The Hall–Kier alpha value is -4.84. The SMILES string of the molecule is C=CCOc1ccc(CC=C)cc1OC.C=CCOc1ccc(CC=C)cc1OC.C=CCc1ccc(O)c(OC)c1. The summed E-state index contributed by atoms with van der Waals surface area (Å²) in [6.45, 7) is 19.2. The molecule has 224 valence electrons. The molecule has 0 fully saturated rings. The molecule has 1 N–H and O–H groups in total. The Balaban J connectivity index is 0.000000317. The molecule has 0 heterocycles. The molecule has 6 nitrogen and oxygen atoms in total. The Morgan fingerprint density at radius 2 is 0.857 bits per heavy atom. The fourth-order valence-electron chi connectivity index (χ4n) is 3.56. The van der Waals surface area contributed by atoms with E-state index in [9.17, 15) is 5.11 Å². The van der Waals surface area contributed by atoms with Crippen LogP contribution in [-0.2, 0) is 19.3 Å². The van der Waals surface area contributed by atoms with Gasteiger partial charge in [-0.15, -0.1) is 19.7 Å². The van der Waals surface area contributed by atoms with E-state index in [0.29, 0.717) is 19.0 Å². The van der Waals surface area contributed by atoms with Crippen molar-refractivity contribution < 1.29 is 28.8 Å². The zero-order chi connectivity index (χ0) is 31.2. The van der Waals surface area contributed by atoms with Gasteiger partial charge in [-0.25, -0.2) is 0 Å². The fraction of sp³-hybridized carbons (Fsp3) is 0.222. The Morgan fingerprint density at radius 3 is 1.19 bits per heavy atom. The maximum absolute atomic E-state index is 9.25. The van der Waals surface area contributed by atoms with Crippen LogP contribution < -0.4 is 23.7 Å². The van der Waals surface area contributed by atoms with E-state index in [4.69, 9.17) is 23.7 Å². The molecule has 3 aromatic rings. The number of phenols is 1. The molecule has 0 saturated heterocycles. The molecule has 3 aromatic carbocycles. The normalized spacial score (nSPS) is 9.40. The lowest BCUT2D eigenvalue weighted by atomic mass is 10.1. The molecule has 3 rings (SSSR count). The molecule has 0 atom stereocenters. The minimum atomic E-state index is 0.172. The molecule has 6 heteroatoms. The Morgan fingerprint density at radius 1 is 0.500 bits per heavy atom. The van der Waals surface area contributed by atoms with Gasteiger partial charge in [0.25, 0.3) is 0 Å². The molecule has 0 unspecified atom stereocenters. The molecule has 0 aliphatic heterocycles. The summed E-state index contributed by atoms with van der Waals surface area (Å²) >= 11 is 0. The molecule has 0 saturated carbocycles. The van der Waals surface area contributed by atoms with E-state index in [2.05, 4.69) is 32.9 Å². The second kappa shape index (κ2) is 21.0. The molecule has 0 aliphatic carbocycles. The van der Waals surface area contributed by atoms with Crippen LogP contribution in [0.5, 0.6) is 34.5 Å². The van der Waals surface area contributed by atoms with Crippen LogP contribution in [0.3, 0.4) is 0 Å². The molecule has 0 aliphatic rings. The number of phenolic OH excluding ortho intramolecular Hbond substituents is 1. The van der Waals surface area contributed by atoms with Crippen LogP contribution in [0.2, 0.25) is 0 Å². The Bertz CT molecular complexity index is 1210. The number of benzene rings is 3. The Kier molecular flexibility index (Phi) is 17.6. The monoisotopic (exact) mass is 572 g/mol. The topological polar surface area (TPSA) is 66.4 Å². The summed E-state index contributed by atoms with van der Waals surface area (Å²) in [6, 6.07) is 17.0. The van der Waals surface area contributed by atoms with Crippen molar-refractivity contribution in [3.63, 3.8) is 0 Å². The summed E-state index contributed by atoms with van der Waals surface area (Å²) < 4.78 is 26.3. The van der Waals surface area contributed by atoms with Crippen LogP contribution in [0.25, 0.3) is 0 Å². The molecule has 0 aromatic heterocycles. The average Bonchev–Trinajstić information content (AvgIpc) is 3.01. The number of hydrogen-bond donors (Lipinski definition) is 1. The third kappa shape index (κ3) is 12.6. The van der Waals surface area contributed by atoms with E-state index in [1.807, 2.05) is 60.7 Å². The summed E-state index contributed by atoms with van der Waals surface area (Å²) in [6.07, 6.45) is 11.4. The third-order valence-electron chi connectivity index (χ3n) is 5.55. The van der Waals surface area contributed by atoms with Crippen LogP contribution >= 0.6 is 0 Å². The van der Waals surface area contributed by atoms with Gasteiger partial charge in [-0.05, 0) is 72.4 Å². The van der Waals surface area contributed by atoms with Crippen LogP contribution in [-0.4, -0.2) is 39.6 Å². The molecular weight excluding hydrogens is 528 g/mol. The molecule has 0 radical (unpaired) electrons. The second-order valence-electron chi connectivity index (χ2n) is 8.65. The van der Waals surface area contributed by atoms with Gasteiger partial charge in [0.05, 0.1) is 21.3 Å². The summed E-state index contributed by atoms with van der Waals surface area (Å²) in [7, 11) is 4.80. The van der Waals surface area contributed by atoms with E-state index in [0.717, 1.165) is 59.0 Å². The van der Waals surface area contributed by atoms with Gasteiger partial charge in [0.2, 0.25) is 0 Å². The highest BCUT2D eigenvalue weighted by atomic mass is 16.5. The molecular formula is C36H44O6. The largest absolute Gasteiger partial charge is 0.504 e. The van der Waals surface area contributed by atoms with Gasteiger partial charge in [0, 0.05) is 0 Å². The van der Waals surface area contributed by atoms with Crippen LogP contribution in [0, 0.1) is 0 Å². The quantitative estimate of drug-likeness (QED) is 0.186. The first kappa shape index (κ1) is 35.2. The predicted octanol–water partition coefficient (Wildman–Crippen LogP) is 8.11. The van der Waals surface area contributed by atoms with Gasteiger partial charge in [-0.2, -0.15) is 0 Å². The first-order valence-electron chi connectivity index (χ1n) is 13.4. The van der Waals surface area contributed by atoms with Crippen molar-refractivity contribution in [2.75, 3.05) is 34.5 Å². The number of allylic oxidation sites excluding steroid dienone is 3. The van der Waals surface area contributed by atoms with Crippen molar-refractivity contribution >= 4 is 0 Å². The smallest absolute Gasteiger partial charge is 0.161 e. The van der Waals surface area contributed by atoms with E-state index < -0.39 is 0 Å². The maximum Gasteiger partial charge on any atom is 0.161 e. The predicted molar refractivity (Wildman–Crippen MR) is 174 cm³/mol. The number of ether oxygens (including phenoxy) is 5. The third-order valence-corrected chi connectivity index (χ3v) is 5.55. The van der Waals surface area contributed by atoms with Crippen molar-refractivity contribution in [1.82, 2.24) is 0 Å². The second-order valence-corrected chi connectivity index (χ2v) is 8.65. The van der Waals surface area contributed by atoms with E-state index in [-0.39, 0.29) is 5.75 Å². The first-order valence-corrected chi connectivity index (χ1v) is 13.4. The van der Waals surface area contributed by atoms with E-state index in [1.165, 1.54) is 7.11 Å². The molecule has 0 amide bonds. The fourth-order valence-corrected chi connectivity index (χ4v) is 3.56. The number of rotatable bonds is 15. The van der Waals surface area contributed by atoms with Gasteiger partial charge in [-0.3, -0.25) is 0 Å². The first-order chi connectivity index (χ1) is 20.4. The average molecular weight is 573 g/mol. The minimum Gasteiger partial charge on any atom is -0.504 e. The maximum atomic E-state index is 9.25. The number of aromatic hydroxyl groups is 1. The zero-order valence-corrected chi connectivity index (χ0v) is 25.1. The minimum absolute atomic E-state index is 0.172. The highest BCUT2D eigenvalue weighted by molar-refractivity contribution is 5.44. The van der Waals surface area contributed by atoms with Crippen molar-refractivity contribution in [3.05, 3.63) is 135 Å². The summed E-state index contributed by atoms with van der Waals surface area (Å²) in [5, 5.41) is 9.25. The van der Waals surface area contributed by atoms with E-state index >= 15 is 0 Å². The molecule has 0 spiro atoms. The van der Waals surface area contributed by atoms with Crippen molar-refractivity contribution in [1.29, 1.82) is 0 Å². The highest BCUT2D eigenvalue weighted by Gasteiger charge is 2.05. The summed E-state index contributed by atoms with van der Waals surface area (Å²) in [4.78, 5) is 0. The summed E-state index contributed by atoms with van der Waals surface area (Å²) in [5.41, 5.74) is 3.40. The van der Waals surface area contributed by atoms with Crippen LogP contribution in [0.4, 0.5) is 0 Å². The van der Waals surface area contributed by atoms with Gasteiger partial charge in [-0.1, -0.05) is 61.7 Å². The lowest BCUT2D eigenvalue weighted by molar-refractivity contribution is 0.326. The van der Waals surface area contributed by atoms with Crippen LogP contribution in [0.1, 0.15) is 16.7 Å². The van der Waals surface area contributed by atoms with Crippen molar-refractivity contribution in [2.24, 2.45) is 0 Å². The van der Waals surface area contributed by atoms with Gasteiger partial charge in [0.1, 0.15) is 13.2 Å². The Labute approximate surface area is 251 Å². The van der Waals surface area contributed by atoms with E-state index in [1.54, 1.807) is 38.5 Å². The van der Waals surface area contributed by atoms with Crippen LogP contribution in [0.15, 0.2) is 118 Å². The van der Waals surface area contributed by atoms with Crippen molar-refractivity contribution in [3.8, 4) is 34.5 Å². The number of hydrogen-bond acceptors (Lipinski definition) is 6. The summed E-state index contributed by atoms with van der Waals surface area (Å²) in [5.74, 6) is 3.66. The van der Waals surface area contributed by atoms with Gasteiger partial charge in [0.15, 0.2) is 34.5 Å².